The van der Waals surface area contributed by atoms with Gasteiger partial charge >= 0.3 is 6.03 Å². The van der Waals surface area contributed by atoms with Crippen molar-refractivity contribution < 1.29 is 9.53 Å². The number of amides is 2. The minimum atomic E-state index is -0.0855. The summed E-state index contributed by atoms with van der Waals surface area (Å²) in [5.41, 5.74) is 2.09. The fourth-order valence-corrected chi connectivity index (χ4v) is 2.32. The Bertz CT molecular complexity index is 598. The first-order valence-corrected chi connectivity index (χ1v) is 7.88. The number of benzene rings is 1. The Morgan fingerprint density at radius 1 is 1.35 bits per heavy atom. The molecule has 1 aromatic heterocycles. The van der Waals surface area contributed by atoms with Gasteiger partial charge in [-0.2, -0.15) is 5.10 Å². The fraction of sp³-hybridized carbons (Fsp3) is 0.412. The minimum Gasteiger partial charge on any atom is -0.494 e. The van der Waals surface area contributed by atoms with E-state index in [-0.39, 0.29) is 6.03 Å². The van der Waals surface area contributed by atoms with E-state index < -0.39 is 0 Å². The van der Waals surface area contributed by atoms with Gasteiger partial charge in [-0.15, -0.1) is 0 Å². The van der Waals surface area contributed by atoms with Gasteiger partial charge in [0.1, 0.15) is 5.75 Å². The van der Waals surface area contributed by atoms with Gasteiger partial charge in [0.15, 0.2) is 0 Å². The van der Waals surface area contributed by atoms with Gasteiger partial charge in [-0.3, -0.25) is 5.10 Å². The normalized spacial score (nSPS) is 10.3. The summed E-state index contributed by atoms with van der Waals surface area (Å²) in [4.78, 5) is 13.6. The van der Waals surface area contributed by atoms with Crippen molar-refractivity contribution in [2.24, 2.45) is 0 Å². The zero-order chi connectivity index (χ0) is 16.5. The Balaban J connectivity index is 1.71. The molecule has 0 atom stereocenters. The van der Waals surface area contributed by atoms with Crippen LogP contribution in [0.4, 0.5) is 4.79 Å². The number of nitrogens with zero attached hydrogens (tertiary/aromatic N) is 2. The fourth-order valence-electron chi connectivity index (χ4n) is 2.32. The molecule has 0 radical (unpaired) electrons. The molecule has 1 heterocycles. The van der Waals surface area contributed by atoms with E-state index >= 15 is 0 Å². The lowest BCUT2D eigenvalue weighted by molar-refractivity contribution is 0.206. The summed E-state index contributed by atoms with van der Waals surface area (Å²) in [6.07, 6.45) is 3.42. The van der Waals surface area contributed by atoms with Gasteiger partial charge in [0, 0.05) is 19.8 Å². The molecule has 0 bridgehead atoms. The van der Waals surface area contributed by atoms with Crippen LogP contribution < -0.4 is 10.1 Å². The first kappa shape index (κ1) is 16.9. The van der Waals surface area contributed by atoms with Gasteiger partial charge in [-0.25, -0.2) is 4.79 Å². The molecule has 0 unspecified atom stereocenters. The topological polar surface area (TPSA) is 70.2 Å². The molecule has 124 valence electrons. The SMILES string of the molecule is CCOc1ccccc1CCCNC(=O)N(C)Cc1ccn[nH]1. The lowest BCUT2D eigenvalue weighted by atomic mass is 10.1. The summed E-state index contributed by atoms with van der Waals surface area (Å²) in [5, 5.41) is 9.64. The molecule has 0 aliphatic carbocycles. The molecule has 0 aliphatic rings. The van der Waals surface area contributed by atoms with Crippen LogP contribution in [0.1, 0.15) is 24.6 Å². The van der Waals surface area contributed by atoms with Crippen molar-refractivity contribution >= 4 is 6.03 Å². The van der Waals surface area contributed by atoms with Crippen LogP contribution in [-0.2, 0) is 13.0 Å². The molecule has 0 saturated heterocycles. The molecule has 2 rings (SSSR count). The molecule has 1 aromatic carbocycles. The Morgan fingerprint density at radius 2 is 2.17 bits per heavy atom. The number of hydrogen-bond acceptors (Lipinski definition) is 3. The quantitative estimate of drug-likeness (QED) is 0.735. The summed E-state index contributed by atoms with van der Waals surface area (Å²) < 4.78 is 5.61. The molecule has 0 saturated carbocycles. The van der Waals surface area contributed by atoms with Gasteiger partial charge < -0.3 is 15.0 Å². The number of nitrogens with one attached hydrogen (secondary N) is 2. The molecule has 0 aliphatic heterocycles. The summed E-state index contributed by atoms with van der Waals surface area (Å²) in [7, 11) is 1.76. The zero-order valence-electron chi connectivity index (χ0n) is 13.7. The standard InChI is InChI=1S/C17H24N4O2/c1-3-23-16-9-5-4-7-14(16)8-6-11-18-17(22)21(2)13-15-10-12-19-20-15/h4-5,7,9-10,12H,3,6,8,11,13H2,1-2H3,(H,18,22)(H,19,20). The molecule has 0 fully saturated rings. The summed E-state index contributed by atoms with van der Waals surface area (Å²) >= 11 is 0. The maximum absolute atomic E-state index is 12.0. The maximum atomic E-state index is 12.0. The third-order valence-corrected chi connectivity index (χ3v) is 3.48. The average molecular weight is 316 g/mol. The van der Waals surface area contributed by atoms with Crippen LogP contribution in [0, 0.1) is 0 Å². The Kier molecular flexibility index (Phi) is 6.47. The van der Waals surface area contributed by atoms with Crippen molar-refractivity contribution in [1.29, 1.82) is 0 Å². The number of ether oxygens (including phenoxy) is 1. The van der Waals surface area contributed by atoms with Crippen LogP contribution in [0.2, 0.25) is 0 Å². The number of aromatic amines is 1. The number of carbonyl (C=O) groups excluding carboxylic acids is 1. The average Bonchev–Trinajstić information content (AvgIpc) is 3.06. The molecular formula is C17H24N4O2. The predicted molar refractivity (Wildman–Crippen MR) is 89.4 cm³/mol. The second-order valence-corrected chi connectivity index (χ2v) is 5.31. The number of aromatic nitrogens is 2. The van der Waals surface area contributed by atoms with Crippen LogP contribution in [0.5, 0.6) is 5.75 Å². The number of urea groups is 1. The van der Waals surface area contributed by atoms with Crippen LogP contribution in [0.15, 0.2) is 36.5 Å². The van der Waals surface area contributed by atoms with Crippen molar-refractivity contribution in [3.63, 3.8) is 0 Å². The van der Waals surface area contributed by atoms with Gasteiger partial charge in [0.05, 0.1) is 18.8 Å². The number of carbonyl (C=O) groups is 1. The second-order valence-electron chi connectivity index (χ2n) is 5.31. The van der Waals surface area contributed by atoms with Crippen molar-refractivity contribution in [3.05, 3.63) is 47.8 Å². The minimum absolute atomic E-state index is 0.0855. The van der Waals surface area contributed by atoms with Crippen molar-refractivity contribution in [3.8, 4) is 5.75 Å². The highest BCUT2D eigenvalue weighted by molar-refractivity contribution is 5.73. The molecule has 2 N–H and O–H groups in total. The highest BCUT2D eigenvalue weighted by Gasteiger charge is 2.09. The van der Waals surface area contributed by atoms with Crippen molar-refractivity contribution in [2.75, 3.05) is 20.2 Å². The monoisotopic (exact) mass is 316 g/mol. The van der Waals surface area contributed by atoms with Gasteiger partial charge in [-0.05, 0) is 37.5 Å². The molecule has 6 nitrogen and oxygen atoms in total. The lowest BCUT2D eigenvalue weighted by Crippen LogP contribution is -2.37. The Morgan fingerprint density at radius 3 is 2.91 bits per heavy atom. The highest BCUT2D eigenvalue weighted by Crippen LogP contribution is 2.19. The second kappa shape index (κ2) is 8.82. The first-order chi connectivity index (χ1) is 11.2. The number of aryl methyl sites for hydroxylation is 1. The first-order valence-electron chi connectivity index (χ1n) is 7.88. The van der Waals surface area contributed by atoms with E-state index in [9.17, 15) is 4.79 Å². The van der Waals surface area contributed by atoms with Gasteiger partial charge in [0.25, 0.3) is 0 Å². The van der Waals surface area contributed by atoms with E-state index in [1.54, 1.807) is 18.1 Å². The smallest absolute Gasteiger partial charge is 0.317 e. The van der Waals surface area contributed by atoms with Crippen molar-refractivity contribution in [2.45, 2.75) is 26.3 Å². The molecule has 2 aromatic rings. The number of rotatable bonds is 8. The molecule has 2 amide bonds. The maximum Gasteiger partial charge on any atom is 0.317 e. The van der Waals surface area contributed by atoms with E-state index in [2.05, 4.69) is 21.6 Å². The largest absolute Gasteiger partial charge is 0.494 e. The molecular weight excluding hydrogens is 292 g/mol. The van der Waals surface area contributed by atoms with E-state index in [0.717, 1.165) is 24.3 Å². The van der Waals surface area contributed by atoms with Gasteiger partial charge in [0.2, 0.25) is 0 Å². The van der Waals surface area contributed by atoms with E-state index in [1.165, 1.54) is 5.56 Å². The number of para-hydroxylation sites is 1. The van der Waals surface area contributed by atoms with Crippen LogP contribution in [-0.4, -0.2) is 41.3 Å². The van der Waals surface area contributed by atoms with Crippen LogP contribution in [0.25, 0.3) is 0 Å². The van der Waals surface area contributed by atoms with E-state index in [1.807, 2.05) is 31.2 Å². The third-order valence-electron chi connectivity index (χ3n) is 3.48. The van der Waals surface area contributed by atoms with Crippen LogP contribution in [0.3, 0.4) is 0 Å². The van der Waals surface area contributed by atoms with E-state index in [0.29, 0.717) is 19.7 Å². The molecule has 6 heteroatoms. The number of H-pyrrole nitrogens is 1. The summed E-state index contributed by atoms with van der Waals surface area (Å²) in [6.45, 7) is 3.78. The zero-order valence-corrected chi connectivity index (χ0v) is 13.7. The third kappa shape index (κ3) is 5.32. The summed E-state index contributed by atoms with van der Waals surface area (Å²) in [6, 6.07) is 9.80. The highest BCUT2D eigenvalue weighted by atomic mass is 16.5. The summed E-state index contributed by atoms with van der Waals surface area (Å²) in [5.74, 6) is 0.928. The predicted octanol–water partition coefficient (Wildman–Crippen LogP) is 2.58. The molecule has 23 heavy (non-hydrogen) atoms. The van der Waals surface area contributed by atoms with Gasteiger partial charge in [-0.1, -0.05) is 18.2 Å². The van der Waals surface area contributed by atoms with Crippen LogP contribution >= 0.6 is 0 Å². The number of hydrogen-bond donors (Lipinski definition) is 2. The van der Waals surface area contributed by atoms with E-state index in [4.69, 9.17) is 4.74 Å². The lowest BCUT2D eigenvalue weighted by Gasteiger charge is -2.17. The van der Waals surface area contributed by atoms with Crippen molar-refractivity contribution in [1.82, 2.24) is 20.4 Å². The molecule has 0 spiro atoms. The Hall–Kier alpha value is -2.50. The Labute approximate surface area is 136 Å².